The SMILES string of the molecule is NC1(CNC(=O)c2ccc3cc(Br)ccc3c2)CCC1. The molecule has 3 nitrogen and oxygen atoms in total. The van der Waals surface area contributed by atoms with Gasteiger partial charge in [-0.15, -0.1) is 0 Å². The van der Waals surface area contributed by atoms with Gasteiger partial charge in [-0.25, -0.2) is 0 Å². The Bertz CT molecular complexity index is 665. The zero-order valence-electron chi connectivity index (χ0n) is 11.2. The molecular formula is C16H17BrN2O. The lowest BCUT2D eigenvalue weighted by Gasteiger charge is -2.38. The molecule has 1 aliphatic rings. The molecule has 0 heterocycles. The second-order valence-electron chi connectivity index (χ2n) is 5.60. The van der Waals surface area contributed by atoms with E-state index >= 15 is 0 Å². The van der Waals surface area contributed by atoms with Gasteiger partial charge < -0.3 is 11.1 Å². The zero-order valence-corrected chi connectivity index (χ0v) is 12.7. The van der Waals surface area contributed by atoms with Crippen LogP contribution in [0.15, 0.2) is 40.9 Å². The molecule has 1 amide bonds. The van der Waals surface area contributed by atoms with Crippen molar-refractivity contribution in [2.45, 2.75) is 24.8 Å². The van der Waals surface area contributed by atoms with E-state index in [4.69, 9.17) is 5.73 Å². The minimum atomic E-state index is -0.183. The van der Waals surface area contributed by atoms with E-state index in [1.54, 1.807) is 0 Å². The molecule has 0 unspecified atom stereocenters. The molecule has 1 fully saturated rings. The number of hydrogen-bond donors (Lipinski definition) is 2. The van der Waals surface area contributed by atoms with Crippen LogP contribution in [-0.4, -0.2) is 18.0 Å². The van der Waals surface area contributed by atoms with Crippen LogP contribution >= 0.6 is 15.9 Å². The maximum Gasteiger partial charge on any atom is 0.251 e. The highest BCUT2D eigenvalue weighted by molar-refractivity contribution is 9.10. The fourth-order valence-electron chi connectivity index (χ4n) is 2.52. The van der Waals surface area contributed by atoms with E-state index in [2.05, 4.69) is 21.2 Å². The van der Waals surface area contributed by atoms with Crippen LogP contribution < -0.4 is 11.1 Å². The van der Waals surface area contributed by atoms with E-state index in [1.807, 2.05) is 36.4 Å². The summed E-state index contributed by atoms with van der Waals surface area (Å²) in [6.45, 7) is 0.560. The van der Waals surface area contributed by atoms with Crippen molar-refractivity contribution < 1.29 is 4.79 Å². The van der Waals surface area contributed by atoms with Gasteiger partial charge in [0.2, 0.25) is 0 Å². The van der Waals surface area contributed by atoms with Gasteiger partial charge in [-0.3, -0.25) is 4.79 Å². The van der Waals surface area contributed by atoms with Crippen LogP contribution in [0, 0.1) is 0 Å². The number of carbonyl (C=O) groups excluding carboxylic acids is 1. The standard InChI is InChI=1S/C16H17BrN2O/c17-14-5-4-11-8-13(3-2-12(11)9-14)15(20)19-10-16(18)6-1-7-16/h2-5,8-9H,1,6-7,10,18H2,(H,19,20). The van der Waals surface area contributed by atoms with Crippen molar-refractivity contribution in [2.24, 2.45) is 5.73 Å². The number of rotatable bonds is 3. The molecule has 104 valence electrons. The highest BCUT2D eigenvalue weighted by atomic mass is 79.9. The summed E-state index contributed by atoms with van der Waals surface area (Å²) in [5.74, 6) is -0.0495. The number of fused-ring (bicyclic) bond motifs is 1. The fourth-order valence-corrected chi connectivity index (χ4v) is 2.90. The predicted octanol–water partition coefficient (Wildman–Crippen LogP) is 3.21. The first-order chi connectivity index (χ1) is 9.56. The minimum Gasteiger partial charge on any atom is -0.350 e. The van der Waals surface area contributed by atoms with Gasteiger partial charge in [-0.2, -0.15) is 0 Å². The number of halogens is 1. The molecule has 3 rings (SSSR count). The lowest BCUT2D eigenvalue weighted by atomic mass is 9.78. The molecule has 20 heavy (non-hydrogen) atoms. The van der Waals surface area contributed by atoms with Crippen molar-refractivity contribution in [3.05, 3.63) is 46.4 Å². The first-order valence-corrected chi connectivity index (χ1v) is 7.62. The Morgan fingerprint density at radius 2 is 1.90 bits per heavy atom. The number of hydrogen-bond acceptors (Lipinski definition) is 2. The summed E-state index contributed by atoms with van der Waals surface area (Å²) in [4.78, 5) is 12.2. The number of benzene rings is 2. The number of amides is 1. The van der Waals surface area contributed by atoms with Crippen LogP contribution in [0.4, 0.5) is 0 Å². The molecule has 0 saturated heterocycles. The predicted molar refractivity (Wildman–Crippen MR) is 84.8 cm³/mol. The molecule has 0 spiro atoms. The Morgan fingerprint density at radius 1 is 1.20 bits per heavy atom. The summed E-state index contributed by atoms with van der Waals surface area (Å²) < 4.78 is 1.04. The van der Waals surface area contributed by atoms with Gasteiger partial charge in [-0.1, -0.05) is 28.1 Å². The zero-order chi connectivity index (χ0) is 14.2. The molecule has 1 aliphatic carbocycles. The van der Waals surface area contributed by atoms with Gasteiger partial charge in [-0.05, 0) is 54.3 Å². The third-order valence-corrected chi connectivity index (χ3v) is 4.51. The van der Waals surface area contributed by atoms with Gasteiger partial charge in [0.1, 0.15) is 0 Å². The molecule has 4 heteroatoms. The van der Waals surface area contributed by atoms with Gasteiger partial charge in [0, 0.05) is 22.1 Å². The summed E-state index contributed by atoms with van der Waals surface area (Å²) in [6, 6.07) is 11.8. The van der Waals surface area contributed by atoms with Crippen LogP contribution in [0.5, 0.6) is 0 Å². The van der Waals surface area contributed by atoms with Crippen LogP contribution in [-0.2, 0) is 0 Å². The van der Waals surface area contributed by atoms with Crippen molar-refractivity contribution in [2.75, 3.05) is 6.54 Å². The molecule has 0 aromatic heterocycles. The van der Waals surface area contributed by atoms with E-state index in [0.717, 1.165) is 34.5 Å². The third kappa shape index (κ3) is 2.72. The molecule has 0 aliphatic heterocycles. The molecule has 0 bridgehead atoms. The number of nitrogens with one attached hydrogen (secondary N) is 1. The molecule has 1 saturated carbocycles. The fraction of sp³-hybridized carbons (Fsp3) is 0.312. The first-order valence-electron chi connectivity index (χ1n) is 6.82. The van der Waals surface area contributed by atoms with Crippen molar-refractivity contribution in [1.29, 1.82) is 0 Å². The summed E-state index contributed by atoms with van der Waals surface area (Å²) in [6.07, 6.45) is 3.16. The molecular weight excluding hydrogens is 316 g/mol. The smallest absolute Gasteiger partial charge is 0.251 e. The normalized spacial score (nSPS) is 16.7. The van der Waals surface area contributed by atoms with Gasteiger partial charge >= 0.3 is 0 Å². The van der Waals surface area contributed by atoms with Crippen molar-refractivity contribution in [3.8, 4) is 0 Å². The number of carbonyl (C=O) groups is 1. The van der Waals surface area contributed by atoms with E-state index < -0.39 is 0 Å². The topological polar surface area (TPSA) is 55.1 Å². The Kier molecular flexibility index (Phi) is 3.52. The van der Waals surface area contributed by atoms with Crippen LogP contribution in [0.25, 0.3) is 10.8 Å². The van der Waals surface area contributed by atoms with Crippen LogP contribution in [0.2, 0.25) is 0 Å². The Hall–Kier alpha value is -1.39. The Balaban J connectivity index is 1.75. The largest absolute Gasteiger partial charge is 0.350 e. The maximum atomic E-state index is 12.2. The third-order valence-electron chi connectivity index (χ3n) is 4.01. The average Bonchev–Trinajstić information content (AvgIpc) is 2.42. The van der Waals surface area contributed by atoms with Crippen LogP contribution in [0.3, 0.4) is 0 Å². The molecule has 0 atom stereocenters. The van der Waals surface area contributed by atoms with E-state index in [0.29, 0.717) is 12.1 Å². The van der Waals surface area contributed by atoms with E-state index in [-0.39, 0.29) is 11.4 Å². The van der Waals surface area contributed by atoms with E-state index in [1.165, 1.54) is 0 Å². The van der Waals surface area contributed by atoms with Gasteiger partial charge in [0.15, 0.2) is 0 Å². The van der Waals surface area contributed by atoms with E-state index in [9.17, 15) is 4.79 Å². The molecule has 2 aromatic rings. The lowest BCUT2D eigenvalue weighted by molar-refractivity contribution is 0.0930. The van der Waals surface area contributed by atoms with Crippen molar-refractivity contribution >= 4 is 32.6 Å². The Labute approximate surface area is 126 Å². The summed E-state index contributed by atoms with van der Waals surface area (Å²) >= 11 is 3.45. The minimum absolute atomic E-state index is 0.0495. The second kappa shape index (κ2) is 5.19. The highest BCUT2D eigenvalue weighted by Crippen LogP contribution is 2.28. The number of nitrogens with two attached hydrogens (primary N) is 1. The first kappa shape index (κ1) is 13.6. The molecule has 0 radical (unpaired) electrons. The summed E-state index contributed by atoms with van der Waals surface area (Å²) in [7, 11) is 0. The van der Waals surface area contributed by atoms with Crippen molar-refractivity contribution in [1.82, 2.24) is 5.32 Å². The molecule has 3 N–H and O–H groups in total. The quantitative estimate of drug-likeness (QED) is 0.906. The summed E-state index contributed by atoms with van der Waals surface area (Å²) in [5.41, 5.74) is 6.62. The summed E-state index contributed by atoms with van der Waals surface area (Å²) in [5, 5.41) is 5.12. The molecule has 2 aromatic carbocycles. The monoisotopic (exact) mass is 332 g/mol. The van der Waals surface area contributed by atoms with Crippen molar-refractivity contribution in [3.63, 3.8) is 0 Å². The highest BCUT2D eigenvalue weighted by Gasteiger charge is 2.32. The van der Waals surface area contributed by atoms with Gasteiger partial charge in [0.25, 0.3) is 5.91 Å². The average molecular weight is 333 g/mol. The van der Waals surface area contributed by atoms with Gasteiger partial charge in [0.05, 0.1) is 0 Å². The second-order valence-corrected chi connectivity index (χ2v) is 6.52. The lowest BCUT2D eigenvalue weighted by Crippen LogP contribution is -2.54. The maximum absolute atomic E-state index is 12.2. The van der Waals surface area contributed by atoms with Crippen LogP contribution in [0.1, 0.15) is 29.6 Å². The Morgan fingerprint density at radius 3 is 2.60 bits per heavy atom.